The summed E-state index contributed by atoms with van der Waals surface area (Å²) in [6.45, 7) is 0. The Morgan fingerprint density at radius 3 is 2.36 bits per heavy atom. The van der Waals surface area contributed by atoms with Gasteiger partial charge in [0.05, 0.1) is 15.2 Å². The first-order chi connectivity index (χ1) is 6.66. The van der Waals surface area contributed by atoms with E-state index in [0.29, 0.717) is 11.4 Å². The monoisotopic (exact) mass is 268 g/mol. The van der Waals surface area contributed by atoms with Gasteiger partial charge in [-0.05, 0) is 45.8 Å². The summed E-state index contributed by atoms with van der Waals surface area (Å²) in [6.07, 6.45) is 0. The maximum atomic E-state index is 5.73. The van der Waals surface area contributed by atoms with Gasteiger partial charge in [-0.15, -0.1) is 11.3 Å². The zero-order chi connectivity index (χ0) is 10.1. The molecule has 4 N–H and O–H groups in total. The number of nitrogens with two attached hydrogens (primary N) is 2. The van der Waals surface area contributed by atoms with E-state index >= 15 is 0 Å². The van der Waals surface area contributed by atoms with Crippen molar-refractivity contribution in [3.05, 3.63) is 34.1 Å². The van der Waals surface area contributed by atoms with E-state index in [1.807, 2.05) is 24.3 Å². The SMILES string of the molecule is Nc1ccc(-c2ccc(Br)s2)cc1N. The highest BCUT2D eigenvalue weighted by Crippen LogP contribution is 2.33. The molecule has 4 heteroatoms. The Hall–Kier alpha value is -1.00. The van der Waals surface area contributed by atoms with Crippen molar-refractivity contribution in [3.63, 3.8) is 0 Å². The lowest BCUT2D eigenvalue weighted by Gasteiger charge is -2.02. The zero-order valence-corrected chi connectivity index (χ0v) is 9.73. The first-order valence-corrected chi connectivity index (χ1v) is 5.68. The Labute approximate surface area is 94.7 Å². The van der Waals surface area contributed by atoms with Gasteiger partial charge in [0.2, 0.25) is 0 Å². The second-order valence-electron chi connectivity index (χ2n) is 2.95. The average Bonchev–Trinajstić information content (AvgIpc) is 2.57. The molecular weight excluding hydrogens is 260 g/mol. The molecule has 0 spiro atoms. The van der Waals surface area contributed by atoms with Gasteiger partial charge in [-0.3, -0.25) is 0 Å². The topological polar surface area (TPSA) is 52.0 Å². The van der Waals surface area contributed by atoms with E-state index in [1.54, 1.807) is 11.3 Å². The molecule has 1 aromatic carbocycles. The van der Waals surface area contributed by atoms with Crippen LogP contribution < -0.4 is 11.5 Å². The number of hydrogen-bond acceptors (Lipinski definition) is 3. The van der Waals surface area contributed by atoms with Gasteiger partial charge < -0.3 is 11.5 Å². The molecule has 0 aliphatic heterocycles. The summed E-state index contributed by atoms with van der Waals surface area (Å²) >= 11 is 5.10. The van der Waals surface area contributed by atoms with E-state index < -0.39 is 0 Å². The van der Waals surface area contributed by atoms with Crippen LogP contribution in [-0.4, -0.2) is 0 Å². The predicted molar refractivity (Wildman–Crippen MR) is 66.3 cm³/mol. The second kappa shape index (κ2) is 3.63. The molecule has 1 heterocycles. The van der Waals surface area contributed by atoms with E-state index in [2.05, 4.69) is 22.0 Å². The smallest absolute Gasteiger partial charge is 0.0705 e. The van der Waals surface area contributed by atoms with E-state index in [0.717, 1.165) is 9.35 Å². The summed E-state index contributed by atoms with van der Waals surface area (Å²) in [4.78, 5) is 1.18. The summed E-state index contributed by atoms with van der Waals surface area (Å²) in [7, 11) is 0. The highest BCUT2D eigenvalue weighted by Gasteiger charge is 2.02. The van der Waals surface area contributed by atoms with Crippen molar-refractivity contribution in [2.75, 3.05) is 11.5 Å². The minimum Gasteiger partial charge on any atom is -0.397 e. The van der Waals surface area contributed by atoms with Crippen molar-refractivity contribution in [2.45, 2.75) is 0 Å². The Bertz CT molecular complexity index is 465. The van der Waals surface area contributed by atoms with Crippen molar-refractivity contribution >= 4 is 38.6 Å². The van der Waals surface area contributed by atoms with Crippen LogP contribution in [0.5, 0.6) is 0 Å². The van der Waals surface area contributed by atoms with Crippen LogP contribution in [0.1, 0.15) is 0 Å². The van der Waals surface area contributed by atoms with Crippen LogP contribution in [0.2, 0.25) is 0 Å². The van der Waals surface area contributed by atoms with E-state index in [1.165, 1.54) is 4.88 Å². The summed E-state index contributed by atoms with van der Waals surface area (Å²) in [5.41, 5.74) is 13.7. The van der Waals surface area contributed by atoms with Crippen LogP contribution in [0.4, 0.5) is 11.4 Å². The number of anilines is 2. The molecule has 2 nitrogen and oxygen atoms in total. The van der Waals surface area contributed by atoms with Crippen molar-refractivity contribution in [1.29, 1.82) is 0 Å². The van der Waals surface area contributed by atoms with Crippen molar-refractivity contribution < 1.29 is 0 Å². The minimum atomic E-state index is 0.629. The molecule has 0 aliphatic rings. The molecule has 14 heavy (non-hydrogen) atoms. The quantitative estimate of drug-likeness (QED) is 0.780. The third-order valence-electron chi connectivity index (χ3n) is 1.94. The highest BCUT2D eigenvalue weighted by atomic mass is 79.9. The van der Waals surface area contributed by atoms with Crippen LogP contribution in [0, 0.1) is 0 Å². The summed E-state index contributed by atoms with van der Waals surface area (Å²) in [5.74, 6) is 0. The minimum absolute atomic E-state index is 0.629. The van der Waals surface area contributed by atoms with E-state index in [9.17, 15) is 0 Å². The molecule has 0 radical (unpaired) electrons. The third kappa shape index (κ3) is 1.76. The number of rotatable bonds is 1. The fraction of sp³-hybridized carbons (Fsp3) is 0. The number of benzene rings is 1. The van der Waals surface area contributed by atoms with Gasteiger partial charge >= 0.3 is 0 Å². The normalized spacial score (nSPS) is 10.4. The Balaban J connectivity index is 2.47. The van der Waals surface area contributed by atoms with Crippen molar-refractivity contribution in [1.82, 2.24) is 0 Å². The molecule has 0 saturated carbocycles. The Morgan fingerprint density at radius 1 is 1.00 bits per heavy atom. The maximum absolute atomic E-state index is 5.73. The molecule has 0 bridgehead atoms. The summed E-state index contributed by atoms with van der Waals surface area (Å²) < 4.78 is 1.11. The van der Waals surface area contributed by atoms with Gasteiger partial charge in [0, 0.05) is 4.88 Å². The summed E-state index contributed by atoms with van der Waals surface area (Å²) in [6, 6.07) is 9.78. The van der Waals surface area contributed by atoms with Gasteiger partial charge in [-0.25, -0.2) is 0 Å². The van der Waals surface area contributed by atoms with Crippen molar-refractivity contribution in [3.8, 4) is 10.4 Å². The fourth-order valence-electron chi connectivity index (χ4n) is 1.20. The molecule has 0 unspecified atom stereocenters. The predicted octanol–water partition coefficient (Wildman–Crippen LogP) is 3.34. The molecule has 1 aromatic heterocycles. The molecule has 2 aromatic rings. The number of hydrogen-bond donors (Lipinski definition) is 2. The van der Waals surface area contributed by atoms with Gasteiger partial charge in [0.25, 0.3) is 0 Å². The lowest BCUT2D eigenvalue weighted by molar-refractivity contribution is 1.66. The van der Waals surface area contributed by atoms with E-state index in [-0.39, 0.29) is 0 Å². The lowest BCUT2D eigenvalue weighted by Crippen LogP contribution is -1.93. The second-order valence-corrected chi connectivity index (χ2v) is 5.41. The number of halogens is 1. The Kier molecular flexibility index (Phi) is 2.48. The van der Waals surface area contributed by atoms with Gasteiger partial charge in [0.1, 0.15) is 0 Å². The molecule has 0 fully saturated rings. The van der Waals surface area contributed by atoms with Gasteiger partial charge in [0.15, 0.2) is 0 Å². The first-order valence-electron chi connectivity index (χ1n) is 4.07. The number of nitrogen functional groups attached to an aromatic ring is 2. The largest absolute Gasteiger partial charge is 0.397 e. The van der Waals surface area contributed by atoms with Crippen LogP contribution in [0.25, 0.3) is 10.4 Å². The van der Waals surface area contributed by atoms with Crippen LogP contribution >= 0.6 is 27.3 Å². The van der Waals surface area contributed by atoms with Crippen LogP contribution in [0.15, 0.2) is 34.1 Å². The van der Waals surface area contributed by atoms with Gasteiger partial charge in [-0.1, -0.05) is 6.07 Å². The highest BCUT2D eigenvalue weighted by molar-refractivity contribution is 9.11. The maximum Gasteiger partial charge on any atom is 0.0705 e. The molecule has 0 amide bonds. The molecule has 72 valence electrons. The lowest BCUT2D eigenvalue weighted by atomic mass is 10.1. The van der Waals surface area contributed by atoms with Gasteiger partial charge in [-0.2, -0.15) is 0 Å². The first kappa shape index (κ1) is 9.55. The molecule has 0 aliphatic carbocycles. The third-order valence-corrected chi connectivity index (χ3v) is 3.62. The standard InChI is InChI=1S/C10H9BrN2S/c11-10-4-3-9(14-10)6-1-2-7(12)8(13)5-6/h1-5H,12-13H2. The Morgan fingerprint density at radius 2 is 1.79 bits per heavy atom. The zero-order valence-electron chi connectivity index (χ0n) is 7.33. The molecular formula is C10H9BrN2S. The van der Waals surface area contributed by atoms with Crippen LogP contribution in [0.3, 0.4) is 0 Å². The molecule has 2 rings (SSSR count). The average molecular weight is 269 g/mol. The van der Waals surface area contributed by atoms with Crippen molar-refractivity contribution in [2.24, 2.45) is 0 Å². The molecule has 0 saturated heterocycles. The fourth-order valence-corrected chi connectivity index (χ4v) is 2.58. The van der Waals surface area contributed by atoms with Crippen LogP contribution in [-0.2, 0) is 0 Å². The number of thiophene rings is 1. The molecule has 0 atom stereocenters. The summed E-state index contributed by atoms with van der Waals surface area (Å²) in [5, 5.41) is 0. The van der Waals surface area contributed by atoms with E-state index in [4.69, 9.17) is 11.5 Å².